The lowest BCUT2D eigenvalue weighted by Gasteiger charge is -2.35. The second-order valence-electron chi connectivity index (χ2n) is 10.4. The summed E-state index contributed by atoms with van der Waals surface area (Å²) in [5.74, 6) is 1.02. The van der Waals surface area contributed by atoms with Crippen LogP contribution in [0.5, 0.6) is 0 Å². The van der Waals surface area contributed by atoms with Crippen LogP contribution in [0.4, 0.5) is 0 Å². The van der Waals surface area contributed by atoms with Crippen molar-refractivity contribution in [2.75, 3.05) is 6.54 Å². The summed E-state index contributed by atoms with van der Waals surface area (Å²) >= 11 is 0. The van der Waals surface area contributed by atoms with E-state index in [1.165, 1.54) is 11.3 Å². The summed E-state index contributed by atoms with van der Waals surface area (Å²) in [7, 11) is -1.40. The Hall–Kier alpha value is -2.53. The van der Waals surface area contributed by atoms with Crippen LogP contribution in [0.2, 0.25) is 19.6 Å². The fourth-order valence-corrected chi connectivity index (χ4v) is 5.23. The first kappa shape index (κ1) is 24.6. The number of aryl methyl sites for hydroxylation is 1. The Balaban J connectivity index is 1.65. The van der Waals surface area contributed by atoms with E-state index >= 15 is 0 Å². The number of nitrogens with zero attached hydrogens (tertiary/aromatic N) is 5. The maximum atomic E-state index is 9.15. The molecule has 2 aromatic heterocycles. The maximum Gasteiger partial charge on any atom is 0.126 e. The zero-order valence-corrected chi connectivity index (χ0v) is 22.0. The molecule has 2 heterocycles. The van der Waals surface area contributed by atoms with Gasteiger partial charge in [-0.2, -0.15) is 5.26 Å². The lowest BCUT2D eigenvalue weighted by Crippen LogP contribution is -2.38. The number of nitriles is 1. The van der Waals surface area contributed by atoms with Gasteiger partial charge in [-0.05, 0) is 56.4 Å². The van der Waals surface area contributed by atoms with Gasteiger partial charge in [0.15, 0.2) is 0 Å². The SMILES string of the molecule is CC(OCn1c(CN(CCCC#N)C2CCCc3cccnc32)nc2ccccc21)[Si](C)(C)C. The third kappa shape index (κ3) is 5.57. The lowest BCUT2D eigenvalue weighted by atomic mass is 9.90. The van der Waals surface area contributed by atoms with Crippen LogP contribution in [0, 0.1) is 11.3 Å². The average Bonchev–Trinajstić information content (AvgIpc) is 3.18. The fourth-order valence-electron chi connectivity index (χ4n) is 4.65. The molecule has 2 atom stereocenters. The monoisotopic (exact) mass is 475 g/mol. The molecule has 0 N–H and O–H groups in total. The van der Waals surface area contributed by atoms with E-state index in [0.29, 0.717) is 19.7 Å². The number of benzene rings is 1. The number of para-hydroxylation sites is 2. The molecule has 3 aromatic rings. The second kappa shape index (κ2) is 10.8. The molecule has 34 heavy (non-hydrogen) atoms. The highest BCUT2D eigenvalue weighted by molar-refractivity contribution is 6.77. The normalized spacial score (nSPS) is 17.0. The standard InChI is InChI=1S/C27H37N5OSi/c1-21(34(2,3)4)33-20-32-24-14-6-5-13-23(24)30-26(32)19-31(18-8-7-16-28)25-15-9-11-22-12-10-17-29-27(22)25/h5-6,10,12-14,17,21,25H,7-9,11,15,18-20H2,1-4H3. The van der Waals surface area contributed by atoms with Crippen LogP contribution in [0.1, 0.15) is 55.7 Å². The number of fused-ring (bicyclic) bond motifs is 2. The quantitative estimate of drug-likeness (QED) is 0.272. The van der Waals surface area contributed by atoms with Crippen LogP contribution in [0.15, 0.2) is 42.6 Å². The van der Waals surface area contributed by atoms with Crippen LogP contribution in [-0.4, -0.2) is 39.8 Å². The van der Waals surface area contributed by atoms with Gasteiger partial charge in [0.05, 0.1) is 43.5 Å². The molecule has 7 heteroatoms. The van der Waals surface area contributed by atoms with Gasteiger partial charge in [-0.15, -0.1) is 0 Å². The summed E-state index contributed by atoms with van der Waals surface area (Å²) in [6, 6.07) is 15.1. The molecule has 1 aliphatic carbocycles. The van der Waals surface area contributed by atoms with E-state index < -0.39 is 8.07 Å². The molecule has 0 aliphatic heterocycles. The molecule has 6 nitrogen and oxygen atoms in total. The average molecular weight is 476 g/mol. The van der Waals surface area contributed by atoms with Crippen LogP contribution in [0.3, 0.4) is 0 Å². The van der Waals surface area contributed by atoms with E-state index in [-0.39, 0.29) is 11.8 Å². The molecular weight excluding hydrogens is 438 g/mol. The first-order valence-corrected chi connectivity index (χ1v) is 16.1. The molecule has 4 rings (SSSR count). The molecular formula is C27H37N5OSi. The maximum absolute atomic E-state index is 9.15. The largest absolute Gasteiger partial charge is 0.361 e. The van der Waals surface area contributed by atoms with E-state index in [2.05, 4.69) is 66.4 Å². The van der Waals surface area contributed by atoms with Crippen molar-refractivity contribution in [3.63, 3.8) is 0 Å². The van der Waals surface area contributed by atoms with E-state index in [1.807, 2.05) is 18.3 Å². The van der Waals surface area contributed by atoms with Gasteiger partial charge >= 0.3 is 0 Å². The summed E-state index contributed by atoms with van der Waals surface area (Å²) in [5, 5.41) is 9.15. The van der Waals surface area contributed by atoms with Crippen molar-refractivity contribution in [3.8, 4) is 6.07 Å². The summed E-state index contributed by atoms with van der Waals surface area (Å²) in [6.07, 6.45) is 6.65. The predicted molar refractivity (Wildman–Crippen MR) is 139 cm³/mol. The Morgan fingerprint density at radius 2 is 2.06 bits per heavy atom. The van der Waals surface area contributed by atoms with Crippen molar-refractivity contribution in [2.24, 2.45) is 0 Å². The highest BCUT2D eigenvalue weighted by atomic mass is 28.3. The Morgan fingerprint density at radius 3 is 2.85 bits per heavy atom. The van der Waals surface area contributed by atoms with Crippen LogP contribution < -0.4 is 0 Å². The molecule has 1 aliphatic rings. The molecule has 0 bridgehead atoms. The van der Waals surface area contributed by atoms with Crippen molar-refractivity contribution in [2.45, 2.75) is 83.7 Å². The molecule has 1 aromatic carbocycles. The van der Waals surface area contributed by atoms with Gasteiger partial charge in [0, 0.05) is 24.9 Å². The molecule has 0 saturated heterocycles. The molecule has 0 radical (unpaired) electrons. The number of hydrogen-bond donors (Lipinski definition) is 0. The number of ether oxygens (including phenoxy) is 1. The van der Waals surface area contributed by atoms with Crippen LogP contribution in [0.25, 0.3) is 11.0 Å². The lowest BCUT2D eigenvalue weighted by molar-refractivity contribution is 0.0543. The van der Waals surface area contributed by atoms with Crippen LogP contribution >= 0.6 is 0 Å². The zero-order chi connectivity index (χ0) is 24.1. The van der Waals surface area contributed by atoms with Crippen molar-refractivity contribution < 1.29 is 4.74 Å². The number of aromatic nitrogens is 3. The van der Waals surface area contributed by atoms with Gasteiger partial charge in [0.25, 0.3) is 0 Å². The van der Waals surface area contributed by atoms with Gasteiger partial charge in [0.2, 0.25) is 0 Å². The number of pyridine rings is 1. The third-order valence-electron chi connectivity index (χ3n) is 7.09. The Labute approximate surface area is 204 Å². The summed E-state index contributed by atoms with van der Waals surface area (Å²) in [4.78, 5) is 12.3. The third-order valence-corrected chi connectivity index (χ3v) is 9.70. The van der Waals surface area contributed by atoms with Crippen LogP contribution in [-0.2, 0) is 24.4 Å². The number of rotatable bonds is 10. The van der Waals surface area contributed by atoms with Crippen molar-refractivity contribution >= 4 is 19.1 Å². The molecule has 0 fully saturated rings. The van der Waals surface area contributed by atoms with Gasteiger partial charge < -0.3 is 9.30 Å². The summed E-state index contributed by atoms with van der Waals surface area (Å²) < 4.78 is 8.63. The minimum absolute atomic E-state index is 0.249. The second-order valence-corrected chi connectivity index (χ2v) is 16.0. The van der Waals surface area contributed by atoms with Gasteiger partial charge in [0.1, 0.15) is 12.6 Å². The highest BCUT2D eigenvalue weighted by Gasteiger charge is 2.29. The number of unbranched alkanes of at least 4 members (excludes halogenated alkanes) is 1. The fraction of sp³-hybridized carbons (Fsp3) is 0.519. The predicted octanol–water partition coefficient (Wildman–Crippen LogP) is 5.85. The molecule has 180 valence electrons. The van der Waals surface area contributed by atoms with Crippen molar-refractivity contribution in [3.05, 3.63) is 59.7 Å². The topological polar surface area (TPSA) is 67.0 Å². The molecule has 0 amide bonds. The molecule has 2 unspecified atom stereocenters. The molecule has 0 saturated carbocycles. The zero-order valence-electron chi connectivity index (χ0n) is 21.0. The number of hydrogen-bond acceptors (Lipinski definition) is 5. The summed E-state index contributed by atoms with van der Waals surface area (Å²) in [6.45, 7) is 11.3. The van der Waals surface area contributed by atoms with Crippen molar-refractivity contribution in [1.29, 1.82) is 5.26 Å². The van der Waals surface area contributed by atoms with Crippen molar-refractivity contribution in [1.82, 2.24) is 19.4 Å². The van der Waals surface area contributed by atoms with E-state index in [9.17, 15) is 0 Å². The number of imidazole rings is 1. The van der Waals surface area contributed by atoms with E-state index in [4.69, 9.17) is 20.0 Å². The molecule has 0 spiro atoms. The smallest absolute Gasteiger partial charge is 0.126 e. The Morgan fingerprint density at radius 1 is 1.24 bits per heavy atom. The first-order chi connectivity index (χ1) is 16.4. The van der Waals surface area contributed by atoms with E-state index in [1.54, 1.807) is 0 Å². The first-order valence-electron chi connectivity index (χ1n) is 12.5. The van der Waals surface area contributed by atoms with Gasteiger partial charge in [-0.1, -0.05) is 37.8 Å². The van der Waals surface area contributed by atoms with E-state index in [0.717, 1.165) is 49.1 Å². The minimum atomic E-state index is -1.40. The minimum Gasteiger partial charge on any atom is -0.361 e. The van der Waals surface area contributed by atoms with Gasteiger partial charge in [-0.3, -0.25) is 9.88 Å². The highest BCUT2D eigenvalue weighted by Crippen LogP contribution is 2.34. The Bertz CT molecular complexity index is 1150. The Kier molecular flexibility index (Phi) is 7.82. The summed E-state index contributed by atoms with van der Waals surface area (Å²) in [5.41, 5.74) is 4.91. The van der Waals surface area contributed by atoms with Gasteiger partial charge in [-0.25, -0.2) is 4.98 Å².